The number of thioether (sulfide) groups is 2. The van der Waals surface area contributed by atoms with E-state index in [1.54, 1.807) is 11.8 Å². The molecule has 2 rings (SSSR count). The van der Waals surface area contributed by atoms with Gasteiger partial charge in [-0.2, -0.15) is 9.47 Å². The lowest BCUT2D eigenvalue weighted by Crippen LogP contribution is -2.27. The highest BCUT2D eigenvalue weighted by molar-refractivity contribution is 8.01. The number of amides is 1. The highest BCUT2D eigenvalue weighted by atomic mass is 32.2. The van der Waals surface area contributed by atoms with Gasteiger partial charge < -0.3 is 5.32 Å². The molecule has 1 unspecified atom stereocenters. The Morgan fingerprint density at radius 1 is 1.45 bits per heavy atom. The number of aryl methyl sites for hydroxylation is 1. The maximum absolute atomic E-state index is 12.6. The number of nitrogens with one attached hydrogen (secondary N) is 1. The average Bonchev–Trinajstić information content (AvgIpc) is 3.09. The molecule has 0 spiro atoms. The van der Waals surface area contributed by atoms with Gasteiger partial charge in [-0.1, -0.05) is 0 Å². The number of carbonyl (C=O) groups excluding carboxylic acids is 1. The molecule has 0 aliphatic carbocycles. The molecule has 2 aromatic heterocycles. The number of rotatable bonds is 6. The lowest BCUT2D eigenvalue weighted by molar-refractivity contribution is 0.0934. The van der Waals surface area contributed by atoms with E-state index in [0.29, 0.717) is 5.56 Å². The molecule has 0 aliphatic heterocycles. The van der Waals surface area contributed by atoms with Crippen LogP contribution in [-0.2, 0) is 6.54 Å². The van der Waals surface area contributed by atoms with Gasteiger partial charge in [0.25, 0.3) is 5.91 Å². The van der Waals surface area contributed by atoms with Crippen molar-refractivity contribution >= 4 is 41.0 Å². The second kappa shape index (κ2) is 7.52. The van der Waals surface area contributed by atoms with E-state index in [4.69, 9.17) is 0 Å². The van der Waals surface area contributed by atoms with Crippen molar-refractivity contribution in [1.82, 2.24) is 19.5 Å². The smallest absolute Gasteiger partial charge is 0.256 e. The first-order valence-corrected chi connectivity index (χ1v) is 10.2. The second-order valence-electron chi connectivity index (χ2n) is 4.75. The van der Waals surface area contributed by atoms with E-state index in [0.717, 1.165) is 27.0 Å². The Morgan fingerprint density at radius 2 is 2.18 bits per heavy atom. The molecular formula is C14H20N4OS3. The first-order valence-electron chi connectivity index (χ1n) is 6.94. The van der Waals surface area contributed by atoms with E-state index in [1.165, 1.54) is 23.3 Å². The molecule has 2 aromatic rings. The number of hydrogen-bond acceptors (Lipinski definition) is 6. The van der Waals surface area contributed by atoms with E-state index in [9.17, 15) is 4.79 Å². The Labute approximate surface area is 143 Å². The predicted molar refractivity (Wildman–Crippen MR) is 94.2 cm³/mol. The maximum Gasteiger partial charge on any atom is 0.256 e. The summed E-state index contributed by atoms with van der Waals surface area (Å²) in [5, 5.41) is 8.21. The largest absolute Gasteiger partial charge is 0.345 e. The van der Waals surface area contributed by atoms with Crippen molar-refractivity contribution in [2.24, 2.45) is 0 Å². The molecule has 120 valence electrons. The maximum atomic E-state index is 12.6. The summed E-state index contributed by atoms with van der Waals surface area (Å²) in [5.41, 5.74) is 2.83. The Kier molecular flexibility index (Phi) is 5.94. The summed E-state index contributed by atoms with van der Waals surface area (Å²) in [6.07, 6.45) is 5.74. The highest BCUT2D eigenvalue weighted by Gasteiger charge is 2.23. The average molecular weight is 357 g/mol. The molecule has 0 bridgehead atoms. The van der Waals surface area contributed by atoms with Crippen LogP contribution in [0.2, 0.25) is 0 Å². The standard InChI is InChI=1S/C14H20N4OS3/c1-6-18-9(3)10(7-15-18)8(2)16-12(19)11-13(20-4)17-22-14(11)21-5/h7-8H,6H2,1-5H3,(H,16,19). The fourth-order valence-corrected chi connectivity index (χ4v) is 4.56. The van der Waals surface area contributed by atoms with Crippen molar-refractivity contribution in [2.45, 2.75) is 42.6 Å². The highest BCUT2D eigenvalue weighted by Crippen LogP contribution is 2.33. The molecule has 5 nitrogen and oxygen atoms in total. The lowest BCUT2D eigenvalue weighted by atomic mass is 10.1. The molecule has 0 aliphatic rings. The first-order chi connectivity index (χ1) is 10.5. The molecule has 0 saturated carbocycles. The lowest BCUT2D eigenvalue weighted by Gasteiger charge is -2.14. The van der Waals surface area contributed by atoms with Crippen molar-refractivity contribution < 1.29 is 4.79 Å². The van der Waals surface area contributed by atoms with Crippen LogP contribution in [0.4, 0.5) is 0 Å². The van der Waals surface area contributed by atoms with Crippen LogP contribution >= 0.6 is 35.1 Å². The number of hydrogen-bond donors (Lipinski definition) is 1. The van der Waals surface area contributed by atoms with Crippen molar-refractivity contribution in [3.8, 4) is 0 Å². The van der Waals surface area contributed by atoms with Gasteiger partial charge in [-0.05, 0) is 44.8 Å². The molecule has 1 N–H and O–H groups in total. The van der Waals surface area contributed by atoms with Crippen LogP contribution in [0.5, 0.6) is 0 Å². The molecule has 22 heavy (non-hydrogen) atoms. The molecule has 8 heteroatoms. The van der Waals surface area contributed by atoms with Gasteiger partial charge in [-0.15, -0.1) is 23.5 Å². The molecule has 1 amide bonds. The third-order valence-electron chi connectivity index (χ3n) is 3.49. The quantitative estimate of drug-likeness (QED) is 0.801. The van der Waals surface area contributed by atoms with E-state index < -0.39 is 0 Å². The van der Waals surface area contributed by atoms with Crippen LogP contribution in [0, 0.1) is 6.92 Å². The molecule has 0 saturated heterocycles. The Balaban J connectivity index is 2.21. The Hall–Kier alpha value is -0.990. The van der Waals surface area contributed by atoms with Gasteiger partial charge in [-0.25, -0.2) is 0 Å². The third kappa shape index (κ3) is 3.33. The molecule has 1 atom stereocenters. The normalized spacial score (nSPS) is 12.4. The predicted octanol–water partition coefficient (Wildman–Crippen LogP) is 3.60. The molecule has 0 radical (unpaired) electrons. The Morgan fingerprint density at radius 3 is 2.73 bits per heavy atom. The van der Waals surface area contributed by atoms with Crippen LogP contribution in [-0.4, -0.2) is 32.6 Å². The van der Waals surface area contributed by atoms with Crippen molar-refractivity contribution in [2.75, 3.05) is 12.5 Å². The van der Waals surface area contributed by atoms with Crippen LogP contribution in [0.3, 0.4) is 0 Å². The summed E-state index contributed by atoms with van der Waals surface area (Å²) in [6, 6.07) is -0.0860. The molecule has 2 heterocycles. The summed E-state index contributed by atoms with van der Waals surface area (Å²) in [4.78, 5) is 12.6. The van der Waals surface area contributed by atoms with Crippen molar-refractivity contribution in [1.29, 1.82) is 0 Å². The molecular weight excluding hydrogens is 336 g/mol. The Bertz CT molecular complexity index is 644. The van der Waals surface area contributed by atoms with Crippen LogP contribution in [0.1, 0.15) is 41.5 Å². The van der Waals surface area contributed by atoms with Gasteiger partial charge in [0.05, 0.1) is 22.0 Å². The van der Waals surface area contributed by atoms with E-state index in [2.05, 4.69) is 21.7 Å². The minimum absolute atomic E-state index is 0.0707. The fraction of sp³-hybridized carbons (Fsp3) is 0.500. The summed E-state index contributed by atoms with van der Waals surface area (Å²) < 4.78 is 7.24. The second-order valence-corrected chi connectivity index (χ2v) is 7.40. The zero-order valence-corrected chi connectivity index (χ0v) is 15.8. The number of carbonyl (C=O) groups is 1. The zero-order chi connectivity index (χ0) is 16.3. The van der Waals surface area contributed by atoms with Crippen LogP contribution in [0.25, 0.3) is 0 Å². The van der Waals surface area contributed by atoms with Gasteiger partial charge in [0, 0.05) is 17.8 Å². The van der Waals surface area contributed by atoms with Crippen molar-refractivity contribution in [3.63, 3.8) is 0 Å². The van der Waals surface area contributed by atoms with Gasteiger partial charge in [0.1, 0.15) is 5.03 Å². The minimum Gasteiger partial charge on any atom is -0.345 e. The first kappa shape index (κ1) is 17.4. The topological polar surface area (TPSA) is 59.8 Å². The summed E-state index contributed by atoms with van der Waals surface area (Å²) in [6.45, 7) is 6.90. The van der Waals surface area contributed by atoms with Gasteiger partial charge in [0.2, 0.25) is 0 Å². The van der Waals surface area contributed by atoms with Crippen LogP contribution in [0.15, 0.2) is 15.4 Å². The fourth-order valence-electron chi connectivity index (χ4n) is 2.28. The summed E-state index contributed by atoms with van der Waals surface area (Å²) in [5.74, 6) is -0.0707. The van der Waals surface area contributed by atoms with E-state index in [-0.39, 0.29) is 11.9 Å². The third-order valence-corrected chi connectivity index (χ3v) is 6.23. The monoisotopic (exact) mass is 356 g/mol. The number of nitrogens with zero attached hydrogens (tertiary/aromatic N) is 3. The molecule has 0 fully saturated rings. The van der Waals surface area contributed by atoms with E-state index in [1.807, 2.05) is 37.2 Å². The molecule has 0 aromatic carbocycles. The van der Waals surface area contributed by atoms with Crippen LogP contribution < -0.4 is 5.32 Å². The SMILES string of the molecule is CCn1ncc(C(C)NC(=O)c2c(SC)nsc2SC)c1C. The number of aromatic nitrogens is 3. The minimum atomic E-state index is -0.0860. The van der Waals surface area contributed by atoms with Gasteiger partial charge in [-0.3, -0.25) is 9.48 Å². The van der Waals surface area contributed by atoms with Gasteiger partial charge in [0.15, 0.2) is 0 Å². The van der Waals surface area contributed by atoms with E-state index >= 15 is 0 Å². The van der Waals surface area contributed by atoms with Gasteiger partial charge >= 0.3 is 0 Å². The summed E-state index contributed by atoms with van der Waals surface area (Å²) >= 11 is 4.44. The van der Waals surface area contributed by atoms with Crippen molar-refractivity contribution in [3.05, 3.63) is 23.0 Å². The zero-order valence-electron chi connectivity index (χ0n) is 13.3. The summed E-state index contributed by atoms with van der Waals surface area (Å²) in [7, 11) is 0.